The molecule has 0 saturated carbocycles. The average Bonchev–Trinajstić information content (AvgIpc) is 3.41. The number of alkyl halides is 6. The van der Waals surface area contributed by atoms with Crippen molar-refractivity contribution in [3.05, 3.63) is 71.8 Å². The number of pyridine rings is 1. The van der Waals surface area contributed by atoms with Gasteiger partial charge in [-0.1, -0.05) is 30.3 Å². The van der Waals surface area contributed by atoms with E-state index in [9.17, 15) is 31.1 Å². The summed E-state index contributed by atoms with van der Waals surface area (Å²) in [7, 11) is 1.13. The predicted octanol–water partition coefficient (Wildman–Crippen LogP) is 4.35. The average molecular weight is 481 g/mol. The first-order chi connectivity index (χ1) is 16.0. The maximum atomic E-state index is 13.9. The molecule has 1 aromatic carbocycles. The lowest BCUT2D eigenvalue weighted by molar-refractivity contribution is -0.138. The van der Waals surface area contributed by atoms with Crippen molar-refractivity contribution in [2.24, 2.45) is 7.05 Å². The first-order valence-electron chi connectivity index (χ1n) is 9.41. The van der Waals surface area contributed by atoms with Crippen LogP contribution in [0.2, 0.25) is 0 Å². The number of hydrogen-bond acceptors (Lipinski definition) is 5. The fraction of sp³-hybridized carbons (Fsp3) is 0.150. The molecular weight excluding hydrogens is 468 g/mol. The van der Waals surface area contributed by atoms with E-state index in [1.54, 1.807) is 6.07 Å². The number of nitrogens with zero attached hydrogens (tertiary/aromatic N) is 6. The molecule has 8 nitrogen and oxygen atoms in total. The number of nitrogens with one attached hydrogen (secondary N) is 1. The van der Waals surface area contributed by atoms with Crippen LogP contribution in [0.15, 0.2) is 55.0 Å². The van der Waals surface area contributed by atoms with Gasteiger partial charge in [-0.2, -0.15) is 41.6 Å². The summed E-state index contributed by atoms with van der Waals surface area (Å²) in [6.45, 7) is 0. The molecule has 1 amide bonds. The highest BCUT2D eigenvalue weighted by Crippen LogP contribution is 2.39. The van der Waals surface area contributed by atoms with Crippen molar-refractivity contribution >= 4 is 11.6 Å². The third kappa shape index (κ3) is 4.33. The zero-order chi connectivity index (χ0) is 24.7. The van der Waals surface area contributed by atoms with Gasteiger partial charge in [0.25, 0.3) is 5.91 Å². The Balaban J connectivity index is 1.76. The fourth-order valence-corrected chi connectivity index (χ4v) is 3.26. The number of carbonyl (C=O) groups is 1. The Morgan fingerprint density at radius 3 is 2.21 bits per heavy atom. The van der Waals surface area contributed by atoms with Crippen molar-refractivity contribution in [1.29, 1.82) is 0 Å². The van der Waals surface area contributed by atoms with Gasteiger partial charge in [0.2, 0.25) is 0 Å². The summed E-state index contributed by atoms with van der Waals surface area (Å²) in [6.07, 6.45) is -6.75. The van der Waals surface area contributed by atoms with Gasteiger partial charge in [-0.05, 0) is 6.07 Å². The van der Waals surface area contributed by atoms with Crippen molar-refractivity contribution < 1.29 is 31.1 Å². The number of carbonyl (C=O) groups excluding carboxylic acids is 1. The first kappa shape index (κ1) is 22.9. The molecule has 0 spiro atoms. The number of hydrogen-bond donors (Lipinski definition) is 1. The van der Waals surface area contributed by atoms with Crippen LogP contribution in [0.5, 0.6) is 0 Å². The van der Waals surface area contributed by atoms with E-state index >= 15 is 0 Å². The highest BCUT2D eigenvalue weighted by atomic mass is 19.4. The number of aromatic nitrogens is 6. The van der Waals surface area contributed by atoms with Crippen molar-refractivity contribution in [3.63, 3.8) is 0 Å². The van der Waals surface area contributed by atoms with Gasteiger partial charge in [0.1, 0.15) is 22.5 Å². The molecular formula is C20H13F6N7O. The molecule has 34 heavy (non-hydrogen) atoms. The molecule has 0 aliphatic heterocycles. The van der Waals surface area contributed by atoms with E-state index in [1.807, 2.05) is 5.32 Å². The molecule has 4 rings (SSSR count). The van der Waals surface area contributed by atoms with Crippen molar-refractivity contribution in [1.82, 2.24) is 29.8 Å². The third-order valence-electron chi connectivity index (χ3n) is 4.63. The first-order valence-corrected chi connectivity index (χ1v) is 9.41. The normalized spacial score (nSPS) is 12.1. The summed E-state index contributed by atoms with van der Waals surface area (Å²) >= 11 is 0. The summed E-state index contributed by atoms with van der Waals surface area (Å²) in [5, 5.41) is 13.1. The summed E-state index contributed by atoms with van der Waals surface area (Å²) in [4.78, 5) is 17.1. The zero-order valence-electron chi connectivity index (χ0n) is 17.1. The van der Waals surface area contributed by atoms with Gasteiger partial charge in [0.05, 0.1) is 24.3 Å². The molecule has 3 heterocycles. The third-order valence-corrected chi connectivity index (χ3v) is 4.63. The number of aryl methyl sites for hydroxylation is 1. The molecule has 0 atom stereocenters. The monoisotopic (exact) mass is 481 g/mol. The van der Waals surface area contributed by atoms with Crippen LogP contribution in [0.25, 0.3) is 17.1 Å². The molecule has 0 bridgehead atoms. The SMILES string of the molecule is Cn1nc(-c2ccccc2)c(C(F)(F)F)c1C(=O)Nc1cnc(-n2nccn2)c(C(F)(F)F)c1. The molecule has 0 saturated heterocycles. The largest absolute Gasteiger partial charge is 0.420 e. The molecule has 176 valence electrons. The summed E-state index contributed by atoms with van der Waals surface area (Å²) in [6, 6.07) is 7.92. The van der Waals surface area contributed by atoms with Crippen molar-refractivity contribution in [2.75, 3.05) is 5.32 Å². The quantitative estimate of drug-likeness (QED) is 0.438. The second kappa shape index (κ2) is 8.28. The van der Waals surface area contributed by atoms with Crippen LogP contribution in [0.4, 0.5) is 32.0 Å². The lowest BCUT2D eigenvalue weighted by Crippen LogP contribution is -2.22. The van der Waals surface area contributed by atoms with Gasteiger partial charge in [-0.25, -0.2) is 4.98 Å². The van der Waals surface area contributed by atoms with Gasteiger partial charge in [0.15, 0.2) is 5.82 Å². The summed E-state index contributed by atoms with van der Waals surface area (Å²) in [5.74, 6) is -1.98. The lowest BCUT2D eigenvalue weighted by Gasteiger charge is -2.14. The topological polar surface area (TPSA) is 90.5 Å². The Kier molecular flexibility index (Phi) is 5.59. The lowest BCUT2D eigenvalue weighted by atomic mass is 10.0. The number of benzene rings is 1. The minimum absolute atomic E-state index is 0.113. The van der Waals surface area contributed by atoms with Gasteiger partial charge < -0.3 is 5.32 Å². The zero-order valence-corrected chi connectivity index (χ0v) is 17.1. The molecule has 0 unspecified atom stereocenters. The Hall–Kier alpha value is -4.23. The molecule has 0 fully saturated rings. The second-order valence-electron chi connectivity index (χ2n) is 6.93. The van der Waals surface area contributed by atoms with Gasteiger partial charge in [-0.3, -0.25) is 9.48 Å². The fourth-order valence-electron chi connectivity index (χ4n) is 3.26. The van der Waals surface area contributed by atoms with Crippen LogP contribution < -0.4 is 5.32 Å². The molecule has 0 aliphatic rings. The van der Waals surface area contributed by atoms with E-state index in [4.69, 9.17) is 0 Å². The van der Waals surface area contributed by atoms with Crippen LogP contribution >= 0.6 is 0 Å². The maximum absolute atomic E-state index is 13.9. The number of amides is 1. The number of anilines is 1. The molecule has 1 N–H and O–H groups in total. The smallest absolute Gasteiger partial charge is 0.319 e. The number of rotatable bonds is 4. The standard InChI is InChI=1S/C20H13F6N7O/c1-32-16(14(20(24,25)26)15(31-32)11-5-3-2-4-6-11)18(34)30-12-9-13(19(21,22)23)17(27-10-12)33-28-7-8-29-33/h2-10H,1H3,(H,30,34). The molecule has 0 aliphatic carbocycles. The van der Waals surface area contributed by atoms with E-state index in [1.165, 1.54) is 24.3 Å². The Labute approximate surface area is 186 Å². The van der Waals surface area contributed by atoms with E-state index < -0.39 is 52.3 Å². The van der Waals surface area contributed by atoms with Crippen LogP contribution in [-0.2, 0) is 19.4 Å². The van der Waals surface area contributed by atoms with Crippen LogP contribution in [0.3, 0.4) is 0 Å². The highest BCUT2D eigenvalue weighted by molar-refractivity contribution is 6.05. The predicted molar refractivity (Wildman–Crippen MR) is 106 cm³/mol. The van der Waals surface area contributed by atoms with E-state index in [0.29, 0.717) is 10.9 Å². The highest BCUT2D eigenvalue weighted by Gasteiger charge is 2.42. The maximum Gasteiger partial charge on any atom is 0.420 e. The Morgan fingerprint density at radius 2 is 1.62 bits per heavy atom. The van der Waals surface area contributed by atoms with E-state index in [0.717, 1.165) is 30.3 Å². The minimum atomic E-state index is -4.98. The molecule has 14 heteroatoms. The van der Waals surface area contributed by atoms with Crippen molar-refractivity contribution in [2.45, 2.75) is 12.4 Å². The van der Waals surface area contributed by atoms with E-state index in [-0.39, 0.29) is 5.56 Å². The van der Waals surface area contributed by atoms with Crippen molar-refractivity contribution in [3.8, 4) is 17.1 Å². The Morgan fingerprint density at radius 1 is 0.971 bits per heavy atom. The van der Waals surface area contributed by atoms with Gasteiger partial charge in [-0.15, -0.1) is 4.80 Å². The molecule has 4 aromatic rings. The molecule has 0 radical (unpaired) electrons. The molecule has 3 aromatic heterocycles. The minimum Gasteiger partial charge on any atom is -0.319 e. The van der Waals surface area contributed by atoms with E-state index in [2.05, 4.69) is 20.3 Å². The second-order valence-corrected chi connectivity index (χ2v) is 6.93. The van der Waals surface area contributed by atoms with Gasteiger partial charge in [0, 0.05) is 12.6 Å². The van der Waals surface area contributed by atoms with Crippen LogP contribution in [-0.4, -0.2) is 35.7 Å². The summed E-state index contributed by atoms with van der Waals surface area (Å²) in [5.41, 5.74) is -4.36. The summed E-state index contributed by atoms with van der Waals surface area (Å²) < 4.78 is 83.2. The number of halogens is 6. The van der Waals surface area contributed by atoms with Crippen LogP contribution in [0.1, 0.15) is 21.6 Å². The Bertz CT molecular complexity index is 1330. The van der Waals surface area contributed by atoms with Crippen LogP contribution in [0, 0.1) is 0 Å². The van der Waals surface area contributed by atoms with Gasteiger partial charge >= 0.3 is 12.4 Å².